The molecule has 2 rings (SSSR count). The lowest BCUT2D eigenvalue weighted by atomic mass is 10.0. The average Bonchev–Trinajstić information content (AvgIpc) is 2.98. The number of aliphatic carboxylic acids is 1. The molecule has 1 N–H and O–H groups in total. The second kappa shape index (κ2) is 9.64. The molecule has 0 atom stereocenters. The van der Waals surface area contributed by atoms with E-state index in [4.69, 9.17) is 5.11 Å². The number of halogens is 1. The maximum atomic E-state index is 12.3. The zero-order valence-corrected chi connectivity index (χ0v) is 15.2. The van der Waals surface area contributed by atoms with Gasteiger partial charge in [0.2, 0.25) is 5.91 Å². The Morgan fingerprint density at radius 3 is 2.62 bits per heavy atom. The number of imidazole rings is 1. The van der Waals surface area contributed by atoms with Crippen LogP contribution in [0, 0.1) is 0 Å². The average molecular weight is 359 g/mol. The molecular formula is C16H27ClN4O3. The number of hydrogen-bond donors (Lipinski definition) is 1. The van der Waals surface area contributed by atoms with Crippen LogP contribution in [-0.4, -0.2) is 69.1 Å². The fourth-order valence-electron chi connectivity index (χ4n) is 3.05. The molecule has 136 valence electrons. The highest BCUT2D eigenvalue weighted by molar-refractivity contribution is 5.85. The molecule has 0 bridgehead atoms. The Bertz CT molecular complexity index is 541. The number of carbonyl (C=O) groups excluding carboxylic acids is 1. The summed E-state index contributed by atoms with van der Waals surface area (Å²) in [6.45, 7) is 4.68. The molecule has 1 aromatic rings. The number of rotatable bonds is 7. The van der Waals surface area contributed by atoms with Crippen molar-refractivity contribution in [2.75, 3.05) is 26.7 Å². The van der Waals surface area contributed by atoms with Crippen LogP contribution in [0.2, 0.25) is 0 Å². The fourth-order valence-corrected chi connectivity index (χ4v) is 3.05. The van der Waals surface area contributed by atoms with E-state index in [-0.39, 0.29) is 24.9 Å². The summed E-state index contributed by atoms with van der Waals surface area (Å²) in [7, 11) is 2.13. The Morgan fingerprint density at radius 1 is 1.38 bits per heavy atom. The third kappa shape index (κ3) is 5.49. The summed E-state index contributed by atoms with van der Waals surface area (Å²) in [5.41, 5.74) is 0. The smallest absolute Gasteiger partial charge is 0.323 e. The number of likely N-dealkylation sites (tertiary alicyclic amines) is 1. The van der Waals surface area contributed by atoms with Crippen molar-refractivity contribution in [1.82, 2.24) is 19.4 Å². The normalized spacial score (nSPS) is 15.4. The number of nitrogens with zero attached hydrogens (tertiary/aromatic N) is 4. The summed E-state index contributed by atoms with van der Waals surface area (Å²) in [6.07, 6.45) is 6.11. The Labute approximate surface area is 149 Å². The number of carboxylic acid groups (broad SMARTS) is 1. The van der Waals surface area contributed by atoms with E-state index in [2.05, 4.69) is 23.9 Å². The highest BCUT2D eigenvalue weighted by atomic mass is 35.5. The van der Waals surface area contributed by atoms with Gasteiger partial charge < -0.3 is 19.5 Å². The van der Waals surface area contributed by atoms with Gasteiger partial charge in [0.1, 0.15) is 12.4 Å². The summed E-state index contributed by atoms with van der Waals surface area (Å²) in [5, 5.41) is 8.85. The number of amides is 1. The van der Waals surface area contributed by atoms with Crippen LogP contribution in [0.15, 0.2) is 12.4 Å². The largest absolute Gasteiger partial charge is 0.480 e. The van der Waals surface area contributed by atoms with Gasteiger partial charge in [-0.3, -0.25) is 9.59 Å². The molecule has 8 heteroatoms. The molecule has 24 heavy (non-hydrogen) atoms. The van der Waals surface area contributed by atoms with E-state index < -0.39 is 5.97 Å². The lowest BCUT2D eigenvalue weighted by molar-refractivity contribution is -0.137. The van der Waals surface area contributed by atoms with E-state index in [1.54, 1.807) is 17.0 Å². The lowest BCUT2D eigenvalue weighted by Crippen LogP contribution is -2.45. The summed E-state index contributed by atoms with van der Waals surface area (Å²) < 4.78 is 1.58. The van der Waals surface area contributed by atoms with Gasteiger partial charge in [0, 0.05) is 44.4 Å². The van der Waals surface area contributed by atoms with Crippen LogP contribution in [0.4, 0.5) is 0 Å². The molecule has 1 aliphatic rings. The van der Waals surface area contributed by atoms with Gasteiger partial charge in [-0.05, 0) is 26.4 Å². The molecule has 0 unspecified atom stereocenters. The van der Waals surface area contributed by atoms with Crippen LogP contribution in [0.3, 0.4) is 0 Å². The molecule has 7 nitrogen and oxygen atoms in total. The maximum Gasteiger partial charge on any atom is 0.323 e. The van der Waals surface area contributed by atoms with E-state index in [9.17, 15) is 9.59 Å². The van der Waals surface area contributed by atoms with Crippen molar-refractivity contribution in [3.63, 3.8) is 0 Å². The molecule has 0 saturated carbocycles. The van der Waals surface area contributed by atoms with E-state index in [0.29, 0.717) is 24.7 Å². The molecule has 0 aromatic carbocycles. The Balaban J connectivity index is 0.00000288. The van der Waals surface area contributed by atoms with Crippen LogP contribution in [0.5, 0.6) is 0 Å². The highest BCUT2D eigenvalue weighted by Crippen LogP contribution is 2.16. The predicted molar refractivity (Wildman–Crippen MR) is 93.3 cm³/mol. The first kappa shape index (κ1) is 20.4. The molecule has 0 radical (unpaired) electrons. The monoisotopic (exact) mass is 358 g/mol. The second-order valence-electron chi connectivity index (χ2n) is 6.05. The minimum absolute atomic E-state index is 0. The lowest BCUT2D eigenvalue weighted by Gasteiger charge is -2.36. The summed E-state index contributed by atoms with van der Waals surface area (Å²) in [6, 6.07) is 0.568. The van der Waals surface area contributed by atoms with Crippen molar-refractivity contribution in [3.8, 4) is 0 Å². The molecule has 1 saturated heterocycles. The molecule has 0 aliphatic carbocycles. The maximum absolute atomic E-state index is 12.3. The topological polar surface area (TPSA) is 78.7 Å². The van der Waals surface area contributed by atoms with Gasteiger partial charge in [0.15, 0.2) is 0 Å². The predicted octanol–water partition coefficient (Wildman–Crippen LogP) is 1.26. The highest BCUT2D eigenvalue weighted by Gasteiger charge is 2.24. The van der Waals surface area contributed by atoms with Crippen molar-refractivity contribution >= 4 is 24.3 Å². The Kier molecular flexibility index (Phi) is 8.21. The third-order valence-electron chi connectivity index (χ3n) is 4.61. The summed E-state index contributed by atoms with van der Waals surface area (Å²) in [4.78, 5) is 31.5. The molecule has 1 amide bonds. The van der Waals surface area contributed by atoms with Gasteiger partial charge in [-0.25, -0.2) is 4.98 Å². The number of carbonyl (C=O) groups is 2. The number of aryl methyl sites for hydroxylation is 1. The third-order valence-corrected chi connectivity index (χ3v) is 4.61. The van der Waals surface area contributed by atoms with E-state index in [0.717, 1.165) is 32.5 Å². The molecule has 1 aliphatic heterocycles. The first-order valence-electron chi connectivity index (χ1n) is 8.21. The zero-order chi connectivity index (χ0) is 16.8. The quantitative estimate of drug-likeness (QED) is 0.794. The van der Waals surface area contributed by atoms with Gasteiger partial charge in [-0.1, -0.05) is 6.92 Å². The number of aromatic nitrogens is 2. The molecule has 2 heterocycles. The van der Waals surface area contributed by atoms with Crippen molar-refractivity contribution < 1.29 is 14.7 Å². The van der Waals surface area contributed by atoms with Crippen LogP contribution in [0.25, 0.3) is 0 Å². The van der Waals surface area contributed by atoms with Crippen LogP contribution < -0.4 is 0 Å². The van der Waals surface area contributed by atoms with Crippen LogP contribution >= 0.6 is 12.4 Å². The first-order chi connectivity index (χ1) is 11.0. The van der Waals surface area contributed by atoms with Gasteiger partial charge in [-0.2, -0.15) is 0 Å². The Morgan fingerprint density at radius 2 is 2.04 bits per heavy atom. The molecule has 1 fully saturated rings. The van der Waals surface area contributed by atoms with Crippen molar-refractivity contribution in [3.05, 3.63) is 18.2 Å². The molecule has 0 spiro atoms. The number of piperidine rings is 1. The van der Waals surface area contributed by atoms with Crippen molar-refractivity contribution in [2.24, 2.45) is 0 Å². The van der Waals surface area contributed by atoms with Crippen LogP contribution in [0.1, 0.15) is 32.0 Å². The minimum Gasteiger partial charge on any atom is -0.480 e. The number of hydrogen-bond acceptors (Lipinski definition) is 4. The van der Waals surface area contributed by atoms with Gasteiger partial charge in [0.05, 0.1) is 0 Å². The van der Waals surface area contributed by atoms with Gasteiger partial charge in [0.25, 0.3) is 0 Å². The SMILES string of the molecule is CCN(C)C1CCN(C(=O)CCc2nccn2CC(=O)O)CC1.Cl. The van der Waals surface area contributed by atoms with Crippen molar-refractivity contribution in [2.45, 2.75) is 45.2 Å². The molecule has 1 aromatic heterocycles. The standard InChI is InChI=1S/C16H26N4O3.ClH/c1-3-18(2)13-6-9-19(10-7-13)15(21)5-4-14-17-8-11-20(14)12-16(22)23;/h8,11,13H,3-7,9-10,12H2,1-2H3,(H,22,23);1H. The van der Waals surface area contributed by atoms with Gasteiger partial charge in [-0.15, -0.1) is 12.4 Å². The van der Waals surface area contributed by atoms with E-state index >= 15 is 0 Å². The second-order valence-corrected chi connectivity index (χ2v) is 6.05. The fraction of sp³-hybridized carbons (Fsp3) is 0.688. The minimum atomic E-state index is -0.905. The summed E-state index contributed by atoms with van der Waals surface area (Å²) >= 11 is 0. The Hall–Kier alpha value is -1.60. The van der Waals surface area contributed by atoms with E-state index in [1.807, 2.05) is 4.90 Å². The molecular weight excluding hydrogens is 332 g/mol. The van der Waals surface area contributed by atoms with Crippen LogP contribution in [-0.2, 0) is 22.6 Å². The van der Waals surface area contributed by atoms with Gasteiger partial charge >= 0.3 is 5.97 Å². The number of carboxylic acids is 1. The summed E-state index contributed by atoms with van der Waals surface area (Å²) in [5.74, 6) is -0.119. The van der Waals surface area contributed by atoms with Crippen molar-refractivity contribution in [1.29, 1.82) is 0 Å². The zero-order valence-electron chi connectivity index (χ0n) is 14.3. The first-order valence-corrected chi connectivity index (χ1v) is 8.21. The van der Waals surface area contributed by atoms with E-state index in [1.165, 1.54) is 0 Å².